The van der Waals surface area contributed by atoms with Gasteiger partial charge in [-0.2, -0.15) is 0 Å². The molecule has 0 aromatic carbocycles. The summed E-state index contributed by atoms with van der Waals surface area (Å²) < 4.78 is 0. The van der Waals surface area contributed by atoms with Crippen LogP contribution in [0.25, 0.3) is 0 Å². The second kappa shape index (κ2) is 2.86. The van der Waals surface area contributed by atoms with Gasteiger partial charge in [0.05, 0.1) is 6.54 Å². The smallest absolute Gasteiger partial charge is 0.155 e. The molecule has 5 heteroatoms. The highest BCUT2D eigenvalue weighted by Gasteiger charge is 2.11. The number of rotatable bonds is 1. The second-order valence-corrected chi connectivity index (χ2v) is 2.40. The van der Waals surface area contributed by atoms with E-state index in [1.165, 1.54) is 0 Å². The molecule has 12 heavy (non-hydrogen) atoms. The second-order valence-electron chi connectivity index (χ2n) is 2.40. The van der Waals surface area contributed by atoms with Crippen molar-refractivity contribution >= 4 is 11.7 Å². The van der Waals surface area contributed by atoms with Crippen molar-refractivity contribution in [3.63, 3.8) is 0 Å². The Hall–Kier alpha value is -1.49. The van der Waals surface area contributed by atoms with E-state index in [1.807, 2.05) is 0 Å². The van der Waals surface area contributed by atoms with Crippen molar-refractivity contribution in [3.05, 3.63) is 18.1 Å². The van der Waals surface area contributed by atoms with E-state index in [-0.39, 0.29) is 6.61 Å². The number of amidine groups is 1. The van der Waals surface area contributed by atoms with Crippen LogP contribution in [0.2, 0.25) is 0 Å². The van der Waals surface area contributed by atoms with Crippen molar-refractivity contribution in [1.29, 1.82) is 0 Å². The molecule has 5 nitrogen and oxygen atoms in total. The van der Waals surface area contributed by atoms with E-state index in [4.69, 9.17) is 5.11 Å². The molecule has 0 radical (unpaired) electrons. The highest BCUT2D eigenvalue weighted by molar-refractivity contribution is 5.97. The first-order chi connectivity index (χ1) is 5.90. The monoisotopic (exact) mass is 164 g/mol. The maximum absolute atomic E-state index is 8.78. The van der Waals surface area contributed by atoms with Gasteiger partial charge < -0.3 is 10.4 Å². The quantitative estimate of drug-likeness (QED) is 0.602. The maximum Gasteiger partial charge on any atom is 0.155 e. The maximum atomic E-state index is 8.78. The zero-order valence-corrected chi connectivity index (χ0v) is 6.36. The molecule has 0 aliphatic carbocycles. The minimum absolute atomic E-state index is 0.0873. The fraction of sp³-hybridized carbons (Fsp3) is 0.286. The lowest BCUT2D eigenvalue weighted by Gasteiger charge is -2.14. The van der Waals surface area contributed by atoms with E-state index in [9.17, 15) is 0 Å². The normalized spacial score (nSPS) is 14.6. The number of anilines is 1. The van der Waals surface area contributed by atoms with Gasteiger partial charge in [0.2, 0.25) is 0 Å². The van der Waals surface area contributed by atoms with Gasteiger partial charge in [-0.05, 0) is 0 Å². The predicted molar refractivity (Wildman–Crippen MR) is 43.9 cm³/mol. The SMILES string of the molecule is OCC1=NCc2nccnc2N1. The zero-order chi connectivity index (χ0) is 8.39. The molecule has 0 unspecified atom stereocenters. The van der Waals surface area contributed by atoms with Crippen molar-refractivity contribution < 1.29 is 5.11 Å². The molecule has 1 aromatic rings. The van der Waals surface area contributed by atoms with E-state index < -0.39 is 0 Å². The van der Waals surface area contributed by atoms with Gasteiger partial charge in [-0.3, -0.25) is 9.98 Å². The Balaban J connectivity index is 2.31. The van der Waals surface area contributed by atoms with Crippen LogP contribution in [-0.4, -0.2) is 27.5 Å². The summed E-state index contributed by atoms with van der Waals surface area (Å²) in [7, 11) is 0. The molecular weight excluding hydrogens is 156 g/mol. The summed E-state index contributed by atoms with van der Waals surface area (Å²) in [6.45, 7) is 0.405. The third-order valence-corrected chi connectivity index (χ3v) is 1.61. The van der Waals surface area contributed by atoms with Crippen LogP contribution in [0, 0.1) is 0 Å². The summed E-state index contributed by atoms with van der Waals surface area (Å²) in [5.41, 5.74) is 0.815. The average Bonchev–Trinajstić information content (AvgIpc) is 2.17. The van der Waals surface area contributed by atoms with Crippen LogP contribution in [0.4, 0.5) is 5.82 Å². The van der Waals surface area contributed by atoms with Gasteiger partial charge >= 0.3 is 0 Å². The van der Waals surface area contributed by atoms with Crippen LogP contribution >= 0.6 is 0 Å². The largest absolute Gasteiger partial charge is 0.388 e. The van der Waals surface area contributed by atoms with Crippen LogP contribution in [-0.2, 0) is 6.54 Å². The van der Waals surface area contributed by atoms with Crippen molar-refractivity contribution in [2.24, 2.45) is 4.99 Å². The number of hydrogen-bond donors (Lipinski definition) is 2. The van der Waals surface area contributed by atoms with Crippen molar-refractivity contribution in [2.45, 2.75) is 6.54 Å². The molecule has 0 atom stereocenters. The summed E-state index contributed by atoms with van der Waals surface area (Å²) in [4.78, 5) is 12.2. The summed E-state index contributed by atoms with van der Waals surface area (Å²) in [5, 5.41) is 11.6. The molecule has 1 aliphatic heterocycles. The first-order valence-corrected chi connectivity index (χ1v) is 3.61. The van der Waals surface area contributed by atoms with Gasteiger partial charge in [-0.25, -0.2) is 4.98 Å². The highest BCUT2D eigenvalue weighted by Crippen LogP contribution is 2.13. The highest BCUT2D eigenvalue weighted by atomic mass is 16.3. The van der Waals surface area contributed by atoms with Gasteiger partial charge in [0.15, 0.2) is 5.82 Å². The fourth-order valence-corrected chi connectivity index (χ4v) is 1.02. The number of aliphatic hydroxyl groups is 1. The number of fused-ring (bicyclic) bond motifs is 1. The standard InChI is InChI=1S/C7H8N4O/c12-4-6-10-3-5-7(11-6)9-2-1-8-5/h1-2,12H,3-4H2,(H,9,10,11). The number of aliphatic imine (C=N–C) groups is 1. The average molecular weight is 164 g/mol. The molecule has 2 heterocycles. The van der Waals surface area contributed by atoms with Gasteiger partial charge in [-0.15, -0.1) is 0 Å². The number of aromatic nitrogens is 2. The van der Waals surface area contributed by atoms with Crippen molar-refractivity contribution in [3.8, 4) is 0 Å². The van der Waals surface area contributed by atoms with E-state index in [1.54, 1.807) is 12.4 Å². The molecule has 1 aromatic heterocycles. The van der Waals surface area contributed by atoms with Gasteiger partial charge in [-0.1, -0.05) is 0 Å². The molecule has 2 N–H and O–H groups in total. The Morgan fingerprint density at radius 3 is 3.08 bits per heavy atom. The van der Waals surface area contributed by atoms with E-state index in [2.05, 4.69) is 20.3 Å². The molecular formula is C7H8N4O. The number of hydrogen-bond acceptors (Lipinski definition) is 5. The third kappa shape index (κ3) is 1.14. The minimum Gasteiger partial charge on any atom is -0.388 e. The molecule has 0 bridgehead atoms. The molecule has 0 saturated carbocycles. The molecule has 62 valence electrons. The molecule has 0 spiro atoms. The van der Waals surface area contributed by atoms with Crippen LogP contribution in [0.15, 0.2) is 17.4 Å². The van der Waals surface area contributed by atoms with Gasteiger partial charge in [0.25, 0.3) is 0 Å². The number of nitrogens with zero attached hydrogens (tertiary/aromatic N) is 3. The first-order valence-electron chi connectivity index (χ1n) is 3.61. The fourth-order valence-electron chi connectivity index (χ4n) is 1.02. The molecule has 0 fully saturated rings. The summed E-state index contributed by atoms with van der Waals surface area (Å²) >= 11 is 0. The lowest BCUT2D eigenvalue weighted by atomic mass is 10.3. The van der Waals surface area contributed by atoms with E-state index >= 15 is 0 Å². The van der Waals surface area contributed by atoms with E-state index in [0.29, 0.717) is 18.2 Å². The number of nitrogens with one attached hydrogen (secondary N) is 1. The summed E-state index contributed by atoms with van der Waals surface area (Å²) in [6, 6.07) is 0. The Bertz CT molecular complexity index is 323. The molecule has 1 aliphatic rings. The minimum atomic E-state index is -0.0873. The molecule has 0 amide bonds. The lowest BCUT2D eigenvalue weighted by Crippen LogP contribution is -2.22. The Morgan fingerprint density at radius 2 is 2.25 bits per heavy atom. The first kappa shape index (κ1) is 7.17. The van der Waals surface area contributed by atoms with Gasteiger partial charge in [0.1, 0.15) is 18.1 Å². The van der Waals surface area contributed by atoms with Gasteiger partial charge in [0, 0.05) is 12.4 Å². The molecule has 0 saturated heterocycles. The van der Waals surface area contributed by atoms with Crippen LogP contribution in [0.3, 0.4) is 0 Å². The predicted octanol–water partition coefficient (Wildman–Crippen LogP) is -0.207. The lowest BCUT2D eigenvalue weighted by molar-refractivity contribution is 0.356. The molecule has 2 rings (SSSR count). The Morgan fingerprint density at radius 1 is 1.42 bits per heavy atom. The number of aliphatic hydroxyl groups excluding tert-OH is 1. The summed E-state index contributed by atoms with van der Waals surface area (Å²) in [5.74, 6) is 1.24. The van der Waals surface area contributed by atoms with Crippen molar-refractivity contribution in [2.75, 3.05) is 11.9 Å². The van der Waals surface area contributed by atoms with Crippen LogP contribution in [0.5, 0.6) is 0 Å². The Kier molecular flexibility index (Phi) is 1.71. The zero-order valence-electron chi connectivity index (χ0n) is 6.36. The van der Waals surface area contributed by atoms with Crippen LogP contribution in [0.1, 0.15) is 5.69 Å². The topological polar surface area (TPSA) is 70.4 Å². The Labute approximate surface area is 69.2 Å². The summed E-state index contributed by atoms with van der Waals surface area (Å²) in [6.07, 6.45) is 3.23. The van der Waals surface area contributed by atoms with E-state index in [0.717, 1.165) is 5.69 Å². The van der Waals surface area contributed by atoms with Crippen LogP contribution < -0.4 is 5.32 Å². The third-order valence-electron chi connectivity index (χ3n) is 1.61. The van der Waals surface area contributed by atoms with Crippen molar-refractivity contribution in [1.82, 2.24) is 9.97 Å².